The van der Waals surface area contributed by atoms with Crippen molar-refractivity contribution in [3.05, 3.63) is 74.0 Å². The highest BCUT2D eigenvalue weighted by Crippen LogP contribution is 2.34. The molecule has 0 radical (unpaired) electrons. The highest BCUT2D eigenvalue weighted by molar-refractivity contribution is 8.26. The van der Waals surface area contributed by atoms with Crippen LogP contribution in [0.5, 0.6) is 11.6 Å². The zero-order valence-corrected chi connectivity index (χ0v) is 21.8. The van der Waals surface area contributed by atoms with Crippen molar-refractivity contribution >= 4 is 45.9 Å². The van der Waals surface area contributed by atoms with Gasteiger partial charge in [-0.25, -0.2) is 0 Å². The van der Waals surface area contributed by atoms with E-state index in [1.54, 1.807) is 23.2 Å². The number of benzene rings is 1. The Morgan fingerprint density at radius 2 is 1.94 bits per heavy atom. The van der Waals surface area contributed by atoms with Gasteiger partial charge in [-0.1, -0.05) is 47.7 Å². The molecule has 0 bridgehead atoms. The molecule has 0 spiro atoms. The molecular weight excluding hydrogens is 482 g/mol. The van der Waals surface area contributed by atoms with Crippen LogP contribution in [0.4, 0.5) is 0 Å². The summed E-state index contributed by atoms with van der Waals surface area (Å²) in [4.78, 5) is 33.3. The van der Waals surface area contributed by atoms with E-state index < -0.39 is 0 Å². The second kappa shape index (κ2) is 10.7. The maximum Gasteiger partial charge on any atom is 0.269 e. The number of fused-ring (bicyclic) bond motifs is 1. The SMILES string of the molecule is CCOCCCN1C(=O)/C(=C\c2c(Oc3ccc(C)cc3C)nc3c(C)cccn3c2=O)SC1=S. The van der Waals surface area contributed by atoms with E-state index in [9.17, 15) is 9.59 Å². The van der Waals surface area contributed by atoms with Crippen LogP contribution in [0.2, 0.25) is 0 Å². The monoisotopic (exact) mass is 509 g/mol. The van der Waals surface area contributed by atoms with Crippen LogP contribution in [0.15, 0.2) is 46.2 Å². The van der Waals surface area contributed by atoms with E-state index in [0.29, 0.717) is 46.8 Å². The summed E-state index contributed by atoms with van der Waals surface area (Å²) in [5.41, 5.74) is 3.23. The van der Waals surface area contributed by atoms with Crippen LogP contribution in [0, 0.1) is 20.8 Å². The van der Waals surface area contributed by atoms with Gasteiger partial charge in [0.25, 0.3) is 11.5 Å². The fraction of sp³-hybridized carbons (Fsp3) is 0.308. The molecule has 1 fully saturated rings. The van der Waals surface area contributed by atoms with Gasteiger partial charge in [-0.15, -0.1) is 0 Å². The van der Waals surface area contributed by atoms with E-state index in [4.69, 9.17) is 21.7 Å². The minimum absolute atomic E-state index is 0.151. The van der Waals surface area contributed by atoms with E-state index in [-0.39, 0.29) is 22.9 Å². The number of pyridine rings is 1. The standard InChI is InChI=1S/C26H27N3O4S2/c1-5-32-13-7-12-29-25(31)21(35-26(29)34)15-19-23(33-20-10-9-16(2)14-18(20)4)27-22-17(3)8-6-11-28(22)24(19)30/h6,8-11,14-15H,5,7,12-13H2,1-4H3/b21-15+. The second-order valence-corrected chi connectivity index (χ2v) is 9.95. The van der Waals surface area contributed by atoms with Gasteiger partial charge in [0.05, 0.1) is 4.91 Å². The number of hydrogen-bond acceptors (Lipinski definition) is 7. The fourth-order valence-corrected chi connectivity index (χ4v) is 5.09. The quantitative estimate of drug-likeness (QED) is 0.239. The lowest BCUT2D eigenvalue weighted by atomic mass is 10.1. The number of carbonyl (C=O) groups is 1. The summed E-state index contributed by atoms with van der Waals surface area (Å²) in [6.07, 6.45) is 3.88. The Balaban J connectivity index is 1.77. The van der Waals surface area contributed by atoms with Gasteiger partial charge < -0.3 is 9.47 Å². The summed E-state index contributed by atoms with van der Waals surface area (Å²) in [6, 6.07) is 9.47. The number of ether oxygens (including phenoxy) is 2. The molecule has 182 valence electrons. The van der Waals surface area contributed by atoms with Crippen LogP contribution in [0.1, 0.15) is 35.6 Å². The Hall–Kier alpha value is -3.01. The topological polar surface area (TPSA) is 73.1 Å². The number of amides is 1. The lowest BCUT2D eigenvalue weighted by Crippen LogP contribution is -2.29. The molecule has 35 heavy (non-hydrogen) atoms. The molecule has 2 aromatic heterocycles. The third kappa shape index (κ3) is 5.32. The normalized spacial score (nSPS) is 15.0. The molecule has 1 amide bonds. The van der Waals surface area contributed by atoms with Gasteiger partial charge in [0.1, 0.15) is 21.3 Å². The molecule has 0 N–H and O–H groups in total. The minimum Gasteiger partial charge on any atom is -0.438 e. The number of carbonyl (C=O) groups excluding carboxylic acids is 1. The van der Waals surface area contributed by atoms with Crippen molar-refractivity contribution < 1.29 is 14.3 Å². The molecule has 0 aliphatic carbocycles. The van der Waals surface area contributed by atoms with Crippen LogP contribution in [-0.4, -0.2) is 44.3 Å². The molecule has 1 aliphatic heterocycles. The van der Waals surface area contributed by atoms with Gasteiger partial charge in [-0.3, -0.25) is 18.9 Å². The number of hydrogen-bond donors (Lipinski definition) is 0. The maximum absolute atomic E-state index is 13.5. The summed E-state index contributed by atoms with van der Waals surface area (Å²) in [5, 5.41) is 0. The van der Waals surface area contributed by atoms with Crippen molar-refractivity contribution in [1.82, 2.24) is 14.3 Å². The Labute approximate surface area is 213 Å². The highest BCUT2D eigenvalue weighted by atomic mass is 32.2. The minimum atomic E-state index is -0.319. The van der Waals surface area contributed by atoms with E-state index in [2.05, 4.69) is 4.98 Å². The Morgan fingerprint density at radius 1 is 1.14 bits per heavy atom. The number of nitrogens with zero attached hydrogens (tertiary/aromatic N) is 3. The van der Waals surface area contributed by atoms with Gasteiger partial charge in [-0.05, 0) is 63.5 Å². The molecular formula is C26H27N3O4S2. The van der Waals surface area contributed by atoms with E-state index >= 15 is 0 Å². The lowest BCUT2D eigenvalue weighted by Gasteiger charge is -2.14. The smallest absolute Gasteiger partial charge is 0.269 e. The van der Waals surface area contributed by atoms with Gasteiger partial charge in [-0.2, -0.15) is 4.98 Å². The van der Waals surface area contributed by atoms with Crippen molar-refractivity contribution in [1.29, 1.82) is 0 Å². The zero-order valence-electron chi connectivity index (χ0n) is 20.2. The zero-order chi connectivity index (χ0) is 25.1. The summed E-state index contributed by atoms with van der Waals surface area (Å²) >= 11 is 6.61. The number of rotatable bonds is 8. The van der Waals surface area contributed by atoms with Crippen molar-refractivity contribution in [2.75, 3.05) is 19.8 Å². The highest BCUT2D eigenvalue weighted by Gasteiger charge is 2.32. The van der Waals surface area contributed by atoms with E-state index in [1.807, 2.05) is 52.0 Å². The molecule has 0 unspecified atom stereocenters. The number of thiocarbonyl (C=S) groups is 1. The summed E-state index contributed by atoms with van der Waals surface area (Å²) < 4.78 is 13.5. The number of aryl methyl sites for hydroxylation is 3. The van der Waals surface area contributed by atoms with Gasteiger partial charge >= 0.3 is 0 Å². The summed E-state index contributed by atoms with van der Waals surface area (Å²) in [6.45, 7) is 9.39. The Bertz CT molecular complexity index is 1400. The number of thioether (sulfide) groups is 1. The predicted octanol–water partition coefficient (Wildman–Crippen LogP) is 5.04. The van der Waals surface area contributed by atoms with Crippen LogP contribution < -0.4 is 10.3 Å². The van der Waals surface area contributed by atoms with Crippen molar-refractivity contribution in [3.63, 3.8) is 0 Å². The van der Waals surface area contributed by atoms with E-state index in [1.165, 1.54) is 16.2 Å². The summed E-state index contributed by atoms with van der Waals surface area (Å²) in [5.74, 6) is 0.513. The predicted molar refractivity (Wildman–Crippen MR) is 143 cm³/mol. The molecule has 1 aliphatic rings. The number of aromatic nitrogens is 2. The Morgan fingerprint density at radius 3 is 2.69 bits per heavy atom. The third-order valence-corrected chi connectivity index (χ3v) is 6.99. The average molecular weight is 510 g/mol. The average Bonchev–Trinajstić information content (AvgIpc) is 3.08. The Kier molecular flexibility index (Phi) is 7.69. The van der Waals surface area contributed by atoms with Gasteiger partial charge in [0.15, 0.2) is 0 Å². The van der Waals surface area contributed by atoms with Gasteiger partial charge in [0.2, 0.25) is 5.88 Å². The van der Waals surface area contributed by atoms with Crippen LogP contribution in [0.25, 0.3) is 11.7 Å². The second-order valence-electron chi connectivity index (χ2n) is 8.28. The third-order valence-electron chi connectivity index (χ3n) is 5.61. The van der Waals surface area contributed by atoms with Crippen molar-refractivity contribution in [2.24, 2.45) is 0 Å². The van der Waals surface area contributed by atoms with E-state index in [0.717, 1.165) is 16.7 Å². The largest absolute Gasteiger partial charge is 0.438 e. The molecule has 1 aromatic carbocycles. The molecule has 7 nitrogen and oxygen atoms in total. The van der Waals surface area contributed by atoms with Crippen molar-refractivity contribution in [2.45, 2.75) is 34.1 Å². The molecule has 3 aromatic rings. The molecule has 3 heterocycles. The molecule has 1 saturated heterocycles. The first-order valence-electron chi connectivity index (χ1n) is 11.4. The summed E-state index contributed by atoms with van der Waals surface area (Å²) in [7, 11) is 0. The molecule has 9 heteroatoms. The first kappa shape index (κ1) is 25.1. The first-order valence-corrected chi connectivity index (χ1v) is 12.6. The first-order chi connectivity index (χ1) is 16.8. The molecule has 4 rings (SSSR count). The van der Waals surface area contributed by atoms with Crippen molar-refractivity contribution in [3.8, 4) is 11.6 Å². The maximum atomic E-state index is 13.5. The lowest BCUT2D eigenvalue weighted by molar-refractivity contribution is -0.122. The van der Waals surface area contributed by atoms with Crippen LogP contribution >= 0.6 is 24.0 Å². The van der Waals surface area contributed by atoms with Crippen LogP contribution in [0.3, 0.4) is 0 Å². The molecule has 0 atom stereocenters. The fourth-order valence-electron chi connectivity index (χ4n) is 3.80. The van der Waals surface area contributed by atoms with Crippen LogP contribution in [-0.2, 0) is 9.53 Å². The van der Waals surface area contributed by atoms with Gasteiger partial charge in [0, 0.05) is 26.0 Å². The molecule has 0 saturated carbocycles.